The molecule has 2 aromatic carbocycles. The van der Waals surface area contributed by atoms with Crippen molar-refractivity contribution in [2.75, 3.05) is 6.61 Å². The van der Waals surface area contributed by atoms with Gasteiger partial charge in [-0.05, 0) is 22.8 Å². The molecule has 0 saturated carbocycles. The minimum Gasteiger partial charge on any atom is -0.492 e. The highest BCUT2D eigenvalue weighted by Crippen LogP contribution is 2.36. The summed E-state index contributed by atoms with van der Waals surface area (Å²) in [4.78, 5) is 0. The Morgan fingerprint density at radius 3 is 2.85 bits per heavy atom. The number of ether oxygens (including phenoxy) is 1. The van der Waals surface area contributed by atoms with Gasteiger partial charge < -0.3 is 10.1 Å². The molecule has 104 valence electrons. The van der Waals surface area contributed by atoms with Crippen molar-refractivity contribution in [3.8, 4) is 16.9 Å². The number of nitrogens with one attached hydrogen (secondary N) is 1. The quantitative estimate of drug-likeness (QED) is 0.910. The summed E-state index contributed by atoms with van der Waals surface area (Å²) in [5.74, 6) is 1.07. The molecule has 1 aliphatic heterocycles. The van der Waals surface area contributed by atoms with E-state index in [1.54, 1.807) is 0 Å². The molecule has 1 heterocycles. The minimum atomic E-state index is 0.503. The molecule has 20 heavy (non-hydrogen) atoms. The zero-order valence-electron chi connectivity index (χ0n) is 12.1. The summed E-state index contributed by atoms with van der Waals surface area (Å²) in [5.41, 5.74) is 5.10. The number of benzene rings is 2. The summed E-state index contributed by atoms with van der Waals surface area (Å²) in [7, 11) is 0. The van der Waals surface area contributed by atoms with E-state index < -0.39 is 0 Å². The van der Waals surface area contributed by atoms with Gasteiger partial charge in [-0.15, -0.1) is 0 Å². The lowest BCUT2D eigenvalue weighted by Crippen LogP contribution is -2.21. The predicted octanol–water partition coefficient (Wildman–Crippen LogP) is 3.79. The molecule has 0 aliphatic carbocycles. The van der Waals surface area contributed by atoms with Gasteiger partial charge in [0.25, 0.3) is 0 Å². The zero-order chi connectivity index (χ0) is 13.9. The van der Waals surface area contributed by atoms with Crippen molar-refractivity contribution in [3.05, 3.63) is 53.6 Å². The summed E-state index contributed by atoms with van der Waals surface area (Å²) in [6.45, 7) is 6.05. The van der Waals surface area contributed by atoms with Crippen molar-refractivity contribution in [3.63, 3.8) is 0 Å². The average molecular weight is 267 g/mol. The Morgan fingerprint density at radius 2 is 2.00 bits per heavy atom. The maximum Gasteiger partial charge on any atom is 0.130 e. The molecule has 0 amide bonds. The van der Waals surface area contributed by atoms with Crippen LogP contribution in [0, 0.1) is 0 Å². The van der Waals surface area contributed by atoms with Crippen molar-refractivity contribution in [1.29, 1.82) is 0 Å². The van der Waals surface area contributed by atoms with E-state index in [1.165, 1.54) is 22.3 Å². The highest BCUT2D eigenvalue weighted by molar-refractivity contribution is 5.73. The molecule has 0 unspecified atom stereocenters. The fourth-order valence-electron chi connectivity index (χ4n) is 2.61. The SMILES string of the molecule is CC(C)NCc1cccc(-c2cccc3c2OCC3)c1. The first-order valence-corrected chi connectivity index (χ1v) is 7.31. The summed E-state index contributed by atoms with van der Waals surface area (Å²) >= 11 is 0. The van der Waals surface area contributed by atoms with Gasteiger partial charge in [0.15, 0.2) is 0 Å². The maximum atomic E-state index is 5.81. The summed E-state index contributed by atoms with van der Waals surface area (Å²) in [6.07, 6.45) is 1.03. The molecule has 0 saturated heterocycles. The van der Waals surface area contributed by atoms with Crippen molar-refractivity contribution >= 4 is 0 Å². The van der Waals surface area contributed by atoms with Gasteiger partial charge in [-0.1, -0.05) is 50.2 Å². The Labute approximate surface area is 120 Å². The lowest BCUT2D eigenvalue weighted by Gasteiger charge is -2.11. The van der Waals surface area contributed by atoms with Crippen LogP contribution in [0.4, 0.5) is 0 Å². The van der Waals surface area contributed by atoms with Crippen LogP contribution in [0.1, 0.15) is 25.0 Å². The average Bonchev–Trinajstić information content (AvgIpc) is 2.93. The van der Waals surface area contributed by atoms with Crippen LogP contribution in [-0.2, 0) is 13.0 Å². The van der Waals surface area contributed by atoms with Gasteiger partial charge in [-0.2, -0.15) is 0 Å². The van der Waals surface area contributed by atoms with Crippen LogP contribution in [0.5, 0.6) is 5.75 Å². The highest BCUT2D eigenvalue weighted by atomic mass is 16.5. The minimum absolute atomic E-state index is 0.503. The van der Waals surface area contributed by atoms with Gasteiger partial charge in [0.1, 0.15) is 5.75 Å². The van der Waals surface area contributed by atoms with E-state index in [4.69, 9.17) is 4.74 Å². The van der Waals surface area contributed by atoms with Crippen LogP contribution in [0.2, 0.25) is 0 Å². The van der Waals surface area contributed by atoms with Crippen molar-refractivity contribution < 1.29 is 4.74 Å². The van der Waals surface area contributed by atoms with E-state index in [2.05, 4.69) is 61.6 Å². The maximum absolute atomic E-state index is 5.81. The van der Waals surface area contributed by atoms with Crippen LogP contribution < -0.4 is 10.1 Å². The molecule has 0 atom stereocenters. The van der Waals surface area contributed by atoms with E-state index >= 15 is 0 Å². The molecule has 0 aromatic heterocycles. The Kier molecular flexibility index (Phi) is 3.75. The molecule has 1 N–H and O–H groups in total. The monoisotopic (exact) mass is 267 g/mol. The van der Waals surface area contributed by atoms with Crippen LogP contribution >= 0.6 is 0 Å². The van der Waals surface area contributed by atoms with Gasteiger partial charge >= 0.3 is 0 Å². The molecule has 0 fully saturated rings. The molecule has 1 aliphatic rings. The third-order valence-corrected chi connectivity index (χ3v) is 3.67. The summed E-state index contributed by atoms with van der Waals surface area (Å²) in [6, 6.07) is 15.7. The molecule has 2 nitrogen and oxygen atoms in total. The van der Waals surface area contributed by atoms with Crippen molar-refractivity contribution in [1.82, 2.24) is 5.32 Å². The number of hydrogen-bond donors (Lipinski definition) is 1. The van der Waals surface area contributed by atoms with E-state index in [-0.39, 0.29) is 0 Å². The molecule has 0 radical (unpaired) electrons. The van der Waals surface area contributed by atoms with Crippen molar-refractivity contribution in [2.24, 2.45) is 0 Å². The second kappa shape index (κ2) is 5.68. The zero-order valence-corrected chi connectivity index (χ0v) is 12.1. The standard InChI is InChI=1S/C18H21NO/c1-13(2)19-12-14-5-3-7-16(11-14)17-8-4-6-15-9-10-20-18(15)17/h3-8,11,13,19H,9-10,12H2,1-2H3. The van der Waals surface area contributed by atoms with E-state index in [1.807, 2.05) is 0 Å². The number of hydrogen-bond acceptors (Lipinski definition) is 2. The van der Waals surface area contributed by atoms with Gasteiger partial charge in [-0.25, -0.2) is 0 Å². The Balaban J connectivity index is 1.91. The largest absolute Gasteiger partial charge is 0.492 e. The van der Waals surface area contributed by atoms with E-state index in [0.29, 0.717) is 6.04 Å². The van der Waals surface area contributed by atoms with E-state index in [9.17, 15) is 0 Å². The normalized spacial score (nSPS) is 13.3. The number of para-hydroxylation sites is 1. The van der Waals surface area contributed by atoms with Gasteiger partial charge in [0, 0.05) is 24.6 Å². The Hall–Kier alpha value is -1.80. The molecule has 2 aromatic rings. The first kappa shape index (κ1) is 13.2. The molecular formula is C18H21NO. The smallest absolute Gasteiger partial charge is 0.130 e. The molecular weight excluding hydrogens is 246 g/mol. The molecule has 2 heteroatoms. The molecule has 0 bridgehead atoms. The van der Waals surface area contributed by atoms with Gasteiger partial charge in [-0.3, -0.25) is 0 Å². The molecule has 0 spiro atoms. The molecule has 3 rings (SSSR count). The third kappa shape index (κ3) is 2.70. The van der Waals surface area contributed by atoms with E-state index in [0.717, 1.165) is 25.3 Å². The predicted molar refractivity (Wildman–Crippen MR) is 83.1 cm³/mol. The summed E-state index contributed by atoms with van der Waals surface area (Å²) < 4.78 is 5.81. The van der Waals surface area contributed by atoms with Gasteiger partial charge in [0.2, 0.25) is 0 Å². The highest BCUT2D eigenvalue weighted by Gasteiger charge is 2.16. The topological polar surface area (TPSA) is 21.3 Å². The van der Waals surface area contributed by atoms with Crippen LogP contribution in [0.25, 0.3) is 11.1 Å². The van der Waals surface area contributed by atoms with Crippen LogP contribution in [0.15, 0.2) is 42.5 Å². The van der Waals surface area contributed by atoms with Gasteiger partial charge in [0.05, 0.1) is 6.61 Å². The second-order valence-electron chi connectivity index (χ2n) is 5.63. The Morgan fingerprint density at radius 1 is 1.15 bits per heavy atom. The Bertz CT molecular complexity index is 604. The lowest BCUT2D eigenvalue weighted by molar-refractivity contribution is 0.358. The first-order chi connectivity index (χ1) is 9.74. The van der Waals surface area contributed by atoms with Crippen LogP contribution in [0.3, 0.4) is 0 Å². The second-order valence-corrected chi connectivity index (χ2v) is 5.63. The third-order valence-electron chi connectivity index (χ3n) is 3.67. The van der Waals surface area contributed by atoms with Crippen molar-refractivity contribution in [2.45, 2.75) is 32.9 Å². The fraction of sp³-hybridized carbons (Fsp3) is 0.333. The summed E-state index contributed by atoms with van der Waals surface area (Å²) in [5, 5.41) is 3.46. The number of rotatable bonds is 4. The first-order valence-electron chi connectivity index (χ1n) is 7.31. The lowest BCUT2D eigenvalue weighted by atomic mass is 9.99. The fourth-order valence-corrected chi connectivity index (χ4v) is 2.61. The number of fused-ring (bicyclic) bond motifs is 1. The van der Waals surface area contributed by atoms with Crippen LogP contribution in [-0.4, -0.2) is 12.6 Å².